The zero-order valence-corrected chi connectivity index (χ0v) is 66.2. The molecule has 8 heterocycles. The molecule has 714 valence electrons. The van der Waals surface area contributed by atoms with Gasteiger partial charge >= 0.3 is 65.5 Å². The summed E-state index contributed by atoms with van der Waals surface area (Å²) in [5.74, 6) is -13.5. The molecule has 8 fully saturated rings. The fourth-order valence-electron chi connectivity index (χ4n) is 13.4. The number of carbonyl (C=O) groups is 8. The Labute approximate surface area is 692 Å². The van der Waals surface area contributed by atoms with Crippen molar-refractivity contribution in [3.8, 4) is 0 Å². The fourth-order valence-corrected chi connectivity index (χ4v) is 15.0. The van der Waals surface area contributed by atoms with Gasteiger partial charge in [0.15, 0.2) is 80.3 Å². The Bertz CT molecular complexity index is 4160. The van der Waals surface area contributed by atoms with Gasteiger partial charge in [-0.15, -0.1) is 0 Å². The summed E-state index contributed by atoms with van der Waals surface area (Å²) in [7, 11) is -23.0. The molecule has 8 aliphatic rings. The van der Waals surface area contributed by atoms with E-state index in [1.807, 2.05) is 10.6 Å². The zero-order chi connectivity index (χ0) is 92.9. The van der Waals surface area contributed by atoms with Crippen LogP contribution in [0.2, 0.25) is 0 Å². The largest absolute Gasteiger partial charge is 0.479 e. The average Bonchev–Trinajstić information content (AvgIpc) is 0.769. The normalized spacial score (nSPS) is 42.0. The second kappa shape index (κ2) is 42.7. The molecule has 0 unspecified atom stereocenters. The number of carboxylic acids is 4. The first-order valence-corrected chi connectivity index (χ1v) is 40.7. The van der Waals surface area contributed by atoms with Gasteiger partial charge in [0, 0.05) is 27.7 Å². The number of nitrogens with one attached hydrogen (secondary N) is 4. The molecule has 124 heavy (non-hydrogen) atoms. The van der Waals surface area contributed by atoms with Crippen LogP contribution in [-0.2, 0) is 183 Å². The third kappa shape index (κ3) is 26.0. The predicted molar refractivity (Wildman–Crippen MR) is 358 cm³/mol. The third-order valence-corrected chi connectivity index (χ3v) is 20.7. The van der Waals surface area contributed by atoms with Crippen molar-refractivity contribution in [2.75, 3.05) is 26.4 Å². The number of hydrogen-bond donors (Lipinski definition) is 26. The van der Waals surface area contributed by atoms with Crippen LogP contribution in [-0.4, -0.2) is 463 Å². The molecule has 8 saturated heterocycles. The van der Waals surface area contributed by atoms with Crippen LogP contribution < -0.4 is 21.3 Å². The minimum absolute atomic E-state index is 0.659. The molecule has 0 radical (unpaired) electrons. The lowest BCUT2D eigenvalue weighted by Crippen LogP contribution is -2.70. The lowest BCUT2D eigenvalue weighted by atomic mass is 9.95. The Morgan fingerprint density at radius 2 is 0.581 bits per heavy atom. The minimum atomic E-state index is -5.95. The Kier molecular flexibility index (Phi) is 35.6. The highest BCUT2D eigenvalue weighted by atomic mass is 32.3. The number of aliphatic hydroxyl groups is 14. The van der Waals surface area contributed by atoms with Crippen LogP contribution in [0.4, 0.5) is 0 Å². The van der Waals surface area contributed by atoms with Crippen molar-refractivity contribution in [1.29, 1.82) is 0 Å². The number of amides is 4. The highest BCUT2D eigenvalue weighted by molar-refractivity contribution is 7.81. The molecule has 0 spiro atoms. The van der Waals surface area contributed by atoms with E-state index >= 15 is 0 Å². The molecule has 0 saturated carbocycles. The van der Waals surface area contributed by atoms with Crippen LogP contribution in [0, 0.1) is 0 Å². The summed E-state index contributed by atoms with van der Waals surface area (Å²) in [4.78, 5) is 134. The number of rotatable bonds is 37. The van der Waals surface area contributed by atoms with Gasteiger partial charge in [0.25, 0.3) is 0 Å². The van der Waals surface area contributed by atoms with Gasteiger partial charge in [0.2, 0.25) is 42.5 Å². The number of ether oxygens (including phenoxy) is 12. The van der Waals surface area contributed by atoms with Gasteiger partial charge in [-0.05, 0) is 0 Å². The molecule has 64 nitrogen and oxygen atoms in total. The fraction of sp³-hybridized carbons (Fsp3) is 0.857. The summed E-state index contributed by atoms with van der Waals surface area (Å²) >= 11 is 0. The van der Waals surface area contributed by atoms with E-state index in [9.17, 15) is 182 Å². The molecular formula is C56H86N4O60S4. The van der Waals surface area contributed by atoms with Crippen LogP contribution in [0.1, 0.15) is 27.7 Å². The number of carboxylic acid groups (broad SMARTS) is 4. The first kappa shape index (κ1) is 103. The second-order valence-electron chi connectivity index (χ2n) is 27.7. The van der Waals surface area contributed by atoms with Gasteiger partial charge in [-0.2, -0.15) is 33.7 Å². The van der Waals surface area contributed by atoms with Crippen molar-refractivity contribution < 1.29 is 285 Å². The van der Waals surface area contributed by atoms with Crippen molar-refractivity contribution in [2.24, 2.45) is 0 Å². The van der Waals surface area contributed by atoms with Gasteiger partial charge in [-0.25, -0.2) is 65.2 Å². The molecule has 4 amide bonds. The summed E-state index contributed by atoms with van der Waals surface area (Å²) in [6.45, 7) is -2.82. The molecule has 68 heteroatoms. The molecule has 0 aliphatic carbocycles. The number of carbonyl (C=O) groups excluding carboxylic acids is 4. The first-order chi connectivity index (χ1) is 57.5. The highest BCUT2D eigenvalue weighted by Gasteiger charge is 2.63. The second-order valence-corrected chi connectivity index (χ2v) is 32.0. The molecule has 0 aromatic heterocycles. The van der Waals surface area contributed by atoms with Gasteiger partial charge < -0.3 is 170 Å². The molecule has 0 aromatic carbocycles. The van der Waals surface area contributed by atoms with E-state index in [1.54, 1.807) is 0 Å². The van der Waals surface area contributed by atoms with Gasteiger partial charge in [0.1, 0.15) is 146 Å². The Balaban J connectivity index is 1.05. The summed E-state index contributed by atoms with van der Waals surface area (Å²) in [5.41, 5.74) is 0. The SMILES string of the molecule is CC(=O)N[C@@H]1[C@@H](O[C@@H]2O[C@H](C(=O)O)[C@@H](OO[C@H]3O[C@H](CO)[C@H](OS(=O)(=O)O)[C@H](O[C@@H]4O[C@H](C(=O)O)[C@@H](OO[C@H]5O[C@H](COS(=O)(=O)O)[C@H](O)[C@H](O[C@@H]6O[C@H](C(=O)O)[C@@H](OO[C@H]7O[C@H](COS(=O)(=O)O)[C@H](O)[C@H](O[C@@H]8O[C@H](C(=O)O)[C@@H](O)[C@H](O)[C@H]8O)[C@H]7NC(C)=O)[C@H](O)[C@H]6O)[C@H]5NC(C)=O)[C@H](O)[C@H]4O)[C@H]3NC(C)=O)[C@H](O)[C@H]2OS(=O)(=O)O)[C@@H](O)[C@@H](CO)O[C@@H]1O. The van der Waals surface area contributed by atoms with Gasteiger partial charge in [-0.3, -0.25) is 37.4 Å². The Morgan fingerprint density at radius 1 is 0.282 bits per heavy atom. The van der Waals surface area contributed by atoms with Crippen molar-refractivity contribution in [1.82, 2.24) is 21.3 Å². The Hall–Kier alpha value is -6.04. The number of hydrogen-bond acceptors (Lipinski definition) is 52. The van der Waals surface area contributed by atoms with Crippen molar-refractivity contribution in [3.05, 3.63) is 0 Å². The first-order valence-electron chi connectivity index (χ1n) is 35.2. The lowest BCUT2D eigenvalue weighted by molar-refractivity contribution is -0.466. The van der Waals surface area contributed by atoms with E-state index < -0.39 is 361 Å². The summed E-state index contributed by atoms with van der Waals surface area (Å²) < 4.78 is 219. The zero-order valence-electron chi connectivity index (χ0n) is 62.9. The highest BCUT2D eigenvalue weighted by Crippen LogP contribution is 2.40. The van der Waals surface area contributed by atoms with E-state index in [0.29, 0.717) is 13.8 Å². The summed E-state index contributed by atoms with van der Waals surface area (Å²) in [6, 6.07) is -9.05. The third-order valence-electron chi connectivity index (χ3n) is 18.9. The van der Waals surface area contributed by atoms with Crippen LogP contribution in [0.3, 0.4) is 0 Å². The van der Waals surface area contributed by atoms with Crippen LogP contribution in [0.25, 0.3) is 0 Å². The predicted octanol–water partition coefficient (Wildman–Crippen LogP) is -18.4. The van der Waals surface area contributed by atoms with Gasteiger partial charge in [0.05, 0.1) is 26.4 Å². The molecule has 8 rings (SSSR count). The summed E-state index contributed by atoms with van der Waals surface area (Å²) in [6.07, 6.45) is -93.7. The molecule has 26 N–H and O–H groups in total. The summed E-state index contributed by atoms with van der Waals surface area (Å²) in [5, 5.41) is 205. The number of aliphatic hydroxyl groups excluding tert-OH is 14. The molecule has 8 aliphatic heterocycles. The quantitative estimate of drug-likeness (QED) is 0.0156. The van der Waals surface area contributed by atoms with E-state index in [2.05, 4.69) is 23.2 Å². The molecule has 0 bridgehead atoms. The van der Waals surface area contributed by atoms with E-state index in [-0.39, 0.29) is 0 Å². The minimum Gasteiger partial charge on any atom is -0.479 e. The van der Waals surface area contributed by atoms with Gasteiger partial charge in [-0.1, -0.05) is 0 Å². The molecule has 40 atom stereocenters. The van der Waals surface area contributed by atoms with Crippen molar-refractivity contribution in [3.63, 3.8) is 0 Å². The average molecular weight is 1900 g/mol. The maximum atomic E-state index is 13.2. The van der Waals surface area contributed by atoms with Crippen molar-refractivity contribution in [2.45, 2.75) is 273 Å². The standard InChI is InChI=1S/C56H86N4O60S4/c1-9(63)57-17-33(21(67)13(5-61)101-49(17)86)107-56-41(120-124(96,97)98)31(77)39(44(112-56)48(84)85)115-118-52-20(60-12(4)66)36(32(14(6-62)102-52)119-123(93,94)95)108-55-30(76)27(73)38(43(111-55)47(82)83)114-117-51-19(59-11(3)65)35(23(69)16(104-51)8-100-122(90,91)92)106-54-29(75)26(72)37(42(110-54)46(80)81)113-116-50-18(58-10(2)64)34(22(68)15(103-50)7-99-121(87,88)89)105-53-28(74)24(70)25(71)40(109-53)45(78)79/h13-44,49-56,61-62,67-77,86H,5-8H2,1-4H3,(H,57,63)(H,58,64)(H,59,65)(H,60,66)(H,78,79)(H,80,81)(H,82,83)(H,84,85)(H,87,88,89)(H,90,91,92)(H,93,94,95)(H,96,97,98)/t13-,14-,15-,16-,17-,18-,19-,20-,21+,22+,23+,24+,25+,26-,27-,28-,29-,30-,31+,32+,33-,34-,35-,36-,37+,38+,39+,40+,41-,42+,43+,44+,49+,50-,51-,52-,53-,54-,55-,56-/m1/s1. The van der Waals surface area contributed by atoms with E-state index in [1.165, 1.54) is 0 Å². The van der Waals surface area contributed by atoms with Crippen LogP contribution in [0.5, 0.6) is 0 Å². The monoisotopic (exact) mass is 1900 g/mol. The molecular weight excluding hydrogens is 1820 g/mol. The smallest absolute Gasteiger partial charge is 0.397 e. The maximum absolute atomic E-state index is 13.2. The molecule has 0 aromatic rings. The Morgan fingerprint density at radius 3 is 0.935 bits per heavy atom. The van der Waals surface area contributed by atoms with E-state index in [0.717, 1.165) is 13.8 Å². The van der Waals surface area contributed by atoms with Crippen molar-refractivity contribution >= 4 is 89.1 Å². The number of aliphatic carboxylic acids is 4. The topological polar surface area (TPSA) is 969 Å². The maximum Gasteiger partial charge on any atom is 0.397 e. The lowest BCUT2D eigenvalue weighted by Gasteiger charge is -2.49. The van der Waals surface area contributed by atoms with Crippen LogP contribution >= 0.6 is 0 Å². The van der Waals surface area contributed by atoms with Crippen LogP contribution in [0.15, 0.2) is 0 Å². The van der Waals surface area contributed by atoms with E-state index in [4.69, 9.17) is 90.4 Å².